The van der Waals surface area contributed by atoms with Crippen molar-refractivity contribution in [1.29, 1.82) is 0 Å². The normalized spacial score (nSPS) is 14.0. The molecule has 4 rings (SSSR count). The van der Waals surface area contributed by atoms with Gasteiger partial charge in [0.1, 0.15) is 6.54 Å². The number of hydrogen-bond acceptors (Lipinski definition) is 5. The number of ether oxygens (including phenoxy) is 1. The number of aromatic nitrogens is 1. The molecule has 0 saturated heterocycles. The van der Waals surface area contributed by atoms with Crippen molar-refractivity contribution < 1.29 is 19.1 Å². The Morgan fingerprint density at radius 3 is 2.42 bits per heavy atom. The van der Waals surface area contributed by atoms with Gasteiger partial charge in [-0.2, -0.15) is 4.99 Å². The zero-order valence-electron chi connectivity index (χ0n) is 17.7. The summed E-state index contributed by atoms with van der Waals surface area (Å²) in [4.78, 5) is 43.7. The van der Waals surface area contributed by atoms with Crippen molar-refractivity contribution in [1.82, 2.24) is 9.47 Å². The Morgan fingerprint density at radius 2 is 1.77 bits per heavy atom. The Kier molecular flexibility index (Phi) is 5.84. The van der Waals surface area contributed by atoms with E-state index >= 15 is 0 Å². The second kappa shape index (κ2) is 8.56. The minimum absolute atomic E-state index is 0.319. The Labute approximate surface area is 183 Å². The van der Waals surface area contributed by atoms with Crippen LogP contribution in [0.1, 0.15) is 38.8 Å². The Bertz CT molecular complexity index is 1240. The van der Waals surface area contributed by atoms with Crippen LogP contribution >= 0.6 is 11.3 Å². The van der Waals surface area contributed by atoms with Crippen molar-refractivity contribution in [3.05, 3.63) is 63.5 Å². The van der Waals surface area contributed by atoms with Crippen LogP contribution in [0.3, 0.4) is 0 Å². The van der Waals surface area contributed by atoms with Gasteiger partial charge in [0.05, 0.1) is 28.0 Å². The molecule has 0 bridgehead atoms. The lowest BCUT2D eigenvalue weighted by atomic mass is 10.1. The zero-order chi connectivity index (χ0) is 22.1. The first-order valence-corrected chi connectivity index (χ1v) is 10.9. The van der Waals surface area contributed by atoms with Gasteiger partial charge in [-0.25, -0.2) is 0 Å². The fraction of sp³-hybridized carbons (Fsp3) is 0.304. The summed E-state index contributed by atoms with van der Waals surface area (Å²) in [5, 5.41) is 0. The molecule has 0 N–H and O–H groups in total. The number of hydrogen-bond donors (Lipinski definition) is 0. The van der Waals surface area contributed by atoms with Gasteiger partial charge in [-0.15, -0.1) is 0 Å². The molecule has 8 heteroatoms. The quantitative estimate of drug-likeness (QED) is 0.438. The summed E-state index contributed by atoms with van der Waals surface area (Å²) in [5.74, 6) is -1.46. The molecule has 0 atom stereocenters. The molecule has 2 heterocycles. The number of benzene rings is 2. The third kappa shape index (κ3) is 3.96. The third-order valence-corrected chi connectivity index (χ3v) is 6.40. The highest BCUT2D eigenvalue weighted by molar-refractivity contribution is 7.16. The summed E-state index contributed by atoms with van der Waals surface area (Å²) in [6.45, 7) is 7.26. The molecular formula is C23H23N3O4S. The van der Waals surface area contributed by atoms with Gasteiger partial charge in [-0.1, -0.05) is 29.5 Å². The standard InChI is InChI=1S/C23H23N3O4S/c1-4-30-10-9-25-18-12-14(2)11-15(3)20(18)31-23(25)24-19(27)13-26-21(28)16-7-5-6-8-17(16)22(26)29/h5-8,11-12H,4,9-10,13H2,1-3H3. The third-order valence-electron chi connectivity index (χ3n) is 5.17. The fourth-order valence-electron chi connectivity index (χ4n) is 3.77. The second-order valence-electron chi connectivity index (χ2n) is 7.41. The lowest BCUT2D eigenvalue weighted by Crippen LogP contribution is -2.35. The number of fused-ring (bicyclic) bond motifs is 2. The number of carbonyl (C=O) groups is 3. The van der Waals surface area contributed by atoms with E-state index in [9.17, 15) is 14.4 Å². The molecule has 3 aromatic rings. The van der Waals surface area contributed by atoms with E-state index in [1.165, 1.54) is 11.3 Å². The van der Waals surface area contributed by atoms with Crippen LogP contribution in [0.5, 0.6) is 0 Å². The molecule has 1 aromatic heterocycles. The summed E-state index contributed by atoms with van der Waals surface area (Å²) >= 11 is 1.42. The lowest BCUT2D eigenvalue weighted by Gasteiger charge is -2.10. The number of imide groups is 1. The van der Waals surface area contributed by atoms with Crippen LogP contribution in [0.4, 0.5) is 0 Å². The van der Waals surface area contributed by atoms with Gasteiger partial charge >= 0.3 is 0 Å². The SMILES string of the molecule is CCOCCn1c(=NC(=O)CN2C(=O)c3ccccc3C2=O)sc2c(C)cc(C)cc21. The monoisotopic (exact) mass is 437 g/mol. The summed E-state index contributed by atoms with van der Waals surface area (Å²) < 4.78 is 8.53. The lowest BCUT2D eigenvalue weighted by molar-refractivity contribution is -0.118. The number of aryl methyl sites for hydroxylation is 2. The van der Waals surface area contributed by atoms with Gasteiger partial charge in [-0.05, 0) is 50.1 Å². The van der Waals surface area contributed by atoms with Gasteiger partial charge in [0.15, 0.2) is 4.80 Å². The van der Waals surface area contributed by atoms with Crippen molar-refractivity contribution in [2.45, 2.75) is 27.3 Å². The summed E-state index contributed by atoms with van der Waals surface area (Å²) in [6, 6.07) is 10.7. The topological polar surface area (TPSA) is 81.0 Å². The molecule has 0 fully saturated rings. The molecule has 160 valence electrons. The number of thiazole rings is 1. The van der Waals surface area contributed by atoms with Crippen LogP contribution in [0, 0.1) is 13.8 Å². The number of rotatable bonds is 6. The predicted octanol–water partition coefficient (Wildman–Crippen LogP) is 3.08. The molecular weight excluding hydrogens is 414 g/mol. The molecule has 2 aromatic carbocycles. The summed E-state index contributed by atoms with van der Waals surface area (Å²) in [7, 11) is 0. The average Bonchev–Trinajstić information content (AvgIpc) is 3.19. The Morgan fingerprint density at radius 1 is 1.10 bits per heavy atom. The molecule has 0 aliphatic carbocycles. The largest absolute Gasteiger partial charge is 0.380 e. The smallest absolute Gasteiger partial charge is 0.268 e. The van der Waals surface area contributed by atoms with E-state index in [4.69, 9.17) is 4.74 Å². The van der Waals surface area contributed by atoms with Crippen molar-refractivity contribution in [3.63, 3.8) is 0 Å². The Balaban J connectivity index is 1.68. The molecule has 0 radical (unpaired) electrons. The average molecular weight is 438 g/mol. The van der Waals surface area contributed by atoms with Crippen LogP contribution < -0.4 is 4.80 Å². The first kappa shape index (κ1) is 21.1. The molecule has 3 amide bonds. The predicted molar refractivity (Wildman–Crippen MR) is 118 cm³/mol. The summed E-state index contributed by atoms with van der Waals surface area (Å²) in [6.07, 6.45) is 0. The van der Waals surface area contributed by atoms with Crippen LogP contribution in [0.2, 0.25) is 0 Å². The van der Waals surface area contributed by atoms with Crippen molar-refractivity contribution >= 4 is 39.3 Å². The number of amides is 3. The van der Waals surface area contributed by atoms with Crippen molar-refractivity contribution in [2.24, 2.45) is 4.99 Å². The molecule has 0 spiro atoms. The zero-order valence-corrected chi connectivity index (χ0v) is 18.5. The fourth-order valence-corrected chi connectivity index (χ4v) is 4.90. The van der Waals surface area contributed by atoms with Gasteiger partial charge in [0, 0.05) is 13.2 Å². The van der Waals surface area contributed by atoms with Crippen LogP contribution in [-0.2, 0) is 16.1 Å². The first-order chi connectivity index (χ1) is 14.9. The molecule has 31 heavy (non-hydrogen) atoms. The highest BCUT2D eigenvalue weighted by atomic mass is 32.1. The molecule has 0 saturated carbocycles. The van der Waals surface area contributed by atoms with E-state index < -0.39 is 17.7 Å². The number of nitrogens with zero attached hydrogens (tertiary/aromatic N) is 3. The van der Waals surface area contributed by atoms with Crippen molar-refractivity contribution in [2.75, 3.05) is 19.8 Å². The van der Waals surface area contributed by atoms with Gasteiger partial charge in [-0.3, -0.25) is 19.3 Å². The van der Waals surface area contributed by atoms with E-state index in [0.29, 0.717) is 35.7 Å². The van der Waals surface area contributed by atoms with E-state index in [1.54, 1.807) is 24.3 Å². The van der Waals surface area contributed by atoms with Gasteiger partial charge < -0.3 is 9.30 Å². The van der Waals surface area contributed by atoms with Crippen LogP contribution in [0.25, 0.3) is 10.2 Å². The van der Waals surface area contributed by atoms with Crippen LogP contribution in [0.15, 0.2) is 41.4 Å². The van der Waals surface area contributed by atoms with E-state index in [0.717, 1.165) is 26.2 Å². The maximum atomic E-state index is 12.8. The minimum atomic E-state index is -0.541. The van der Waals surface area contributed by atoms with Crippen molar-refractivity contribution in [3.8, 4) is 0 Å². The highest BCUT2D eigenvalue weighted by Crippen LogP contribution is 2.24. The molecule has 0 unspecified atom stereocenters. The van der Waals surface area contributed by atoms with Crippen LogP contribution in [-0.4, -0.2) is 46.9 Å². The summed E-state index contributed by atoms with van der Waals surface area (Å²) in [5.41, 5.74) is 3.87. The minimum Gasteiger partial charge on any atom is -0.380 e. The first-order valence-electron chi connectivity index (χ1n) is 10.1. The molecule has 1 aliphatic heterocycles. The van der Waals surface area contributed by atoms with E-state index in [2.05, 4.69) is 17.1 Å². The molecule has 7 nitrogen and oxygen atoms in total. The second-order valence-corrected chi connectivity index (χ2v) is 8.39. The highest BCUT2D eigenvalue weighted by Gasteiger charge is 2.36. The van der Waals surface area contributed by atoms with Gasteiger partial charge in [0.2, 0.25) is 0 Å². The number of carbonyl (C=O) groups excluding carboxylic acids is 3. The Hall–Kier alpha value is -3.10. The molecule has 1 aliphatic rings. The maximum Gasteiger partial charge on any atom is 0.268 e. The maximum absolute atomic E-state index is 12.8. The van der Waals surface area contributed by atoms with E-state index in [-0.39, 0.29) is 6.54 Å². The van der Waals surface area contributed by atoms with E-state index in [1.807, 2.05) is 25.3 Å². The van der Waals surface area contributed by atoms with Gasteiger partial charge in [0.25, 0.3) is 17.7 Å².